The average molecular weight is 377 g/mol. The molecule has 0 fully saturated rings. The Hall–Kier alpha value is -2.03. The normalized spacial score (nSPS) is 11.1. The van der Waals surface area contributed by atoms with E-state index in [1.165, 1.54) is 31.4 Å². The Kier molecular flexibility index (Phi) is 4.98. The first-order chi connectivity index (χ1) is 10.7. The Balaban J connectivity index is 2.45. The number of benzene rings is 2. The van der Waals surface area contributed by atoms with Crippen molar-refractivity contribution < 1.29 is 18.1 Å². The van der Waals surface area contributed by atoms with Crippen molar-refractivity contribution >= 4 is 44.6 Å². The molecule has 1 N–H and O–H groups in total. The Labute approximate surface area is 142 Å². The highest BCUT2D eigenvalue weighted by Crippen LogP contribution is 2.32. The van der Waals surface area contributed by atoms with Gasteiger partial charge in [-0.1, -0.05) is 23.2 Å². The molecule has 0 aliphatic heterocycles. The first-order valence-electron chi connectivity index (χ1n) is 6.05. The molecule has 10 heteroatoms. The molecule has 0 aromatic heterocycles. The largest absolute Gasteiger partial charge is 0.494 e. The van der Waals surface area contributed by atoms with E-state index in [0.29, 0.717) is 0 Å². The summed E-state index contributed by atoms with van der Waals surface area (Å²) in [4.78, 5) is 9.92. The van der Waals surface area contributed by atoms with Crippen LogP contribution in [-0.4, -0.2) is 20.5 Å². The van der Waals surface area contributed by atoms with E-state index in [2.05, 4.69) is 4.72 Å². The summed E-state index contributed by atoms with van der Waals surface area (Å²) >= 11 is 11.7. The van der Waals surface area contributed by atoms with Crippen LogP contribution in [0.4, 0.5) is 11.4 Å². The van der Waals surface area contributed by atoms with Gasteiger partial charge in [-0.05, 0) is 24.3 Å². The molecule has 0 saturated heterocycles. The zero-order valence-corrected chi connectivity index (χ0v) is 13.9. The van der Waals surface area contributed by atoms with Gasteiger partial charge in [-0.15, -0.1) is 0 Å². The van der Waals surface area contributed by atoms with Crippen molar-refractivity contribution in [2.24, 2.45) is 0 Å². The summed E-state index contributed by atoms with van der Waals surface area (Å²) < 4.78 is 32.1. The molecule has 0 spiro atoms. The standard InChI is InChI=1S/C13H10Cl2N2O5S/c1-22-12-7-9(17(18)19)3-5-11(12)16-23(20,21)13-6-8(14)2-4-10(13)15/h2-7,16H,1H3. The van der Waals surface area contributed by atoms with Crippen molar-refractivity contribution in [3.8, 4) is 5.75 Å². The van der Waals surface area contributed by atoms with Crippen molar-refractivity contribution in [3.05, 3.63) is 56.6 Å². The lowest BCUT2D eigenvalue weighted by molar-refractivity contribution is -0.384. The maximum absolute atomic E-state index is 12.4. The second-order valence-corrected chi connectivity index (χ2v) is 6.82. The lowest BCUT2D eigenvalue weighted by atomic mass is 10.2. The number of hydrogen-bond acceptors (Lipinski definition) is 5. The molecule has 23 heavy (non-hydrogen) atoms. The fraction of sp³-hybridized carbons (Fsp3) is 0.0769. The van der Waals surface area contributed by atoms with E-state index in [-0.39, 0.29) is 32.1 Å². The minimum absolute atomic E-state index is 0.000857. The minimum atomic E-state index is -4.05. The second-order valence-electron chi connectivity index (χ2n) is 4.32. The topological polar surface area (TPSA) is 98.5 Å². The van der Waals surface area contributed by atoms with E-state index >= 15 is 0 Å². The molecule has 2 rings (SSSR count). The zero-order chi connectivity index (χ0) is 17.2. The number of rotatable bonds is 5. The van der Waals surface area contributed by atoms with Gasteiger partial charge in [-0.2, -0.15) is 0 Å². The van der Waals surface area contributed by atoms with Crippen molar-refractivity contribution in [3.63, 3.8) is 0 Å². The van der Waals surface area contributed by atoms with Crippen LogP contribution in [-0.2, 0) is 10.0 Å². The number of non-ortho nitro benzene ring substituents is 1. The summed E-state index contributed by atoms with van der Waals surface area (Å²) in [6, 6.07) is 7.50. The molecule has 0 aliphatic rings. The third-order valence-electron chi connectivity index (χ3n) is 2.82. The van der Waals surface area contributed by atoms with Gasteiger partial charge in [0.1, 0.15) is 10.6 Å². The van der Waals surface area contributed by atoms with Gasteiger partial charge in [-0.25, -0.2) is 8.42 Å². The van der Waals surface area contributed by atoms with Crippen LogP contribution in [0.15, 0.2) is 41.3 Å². The predicted octanol–water partition coefficient (Wildman–Crippen LogP) is 3.71. The van der Waals surface area contributed by atoms with Crippen LogP contribution in [0.5, 0.6) is 5.75 Å². The zero-order valence-electron chi connectivity index (χ0n) is 11.6. The molecule has 0 saturated carbocycles. The van der Waals surface area contributed by atoms with Gasteiger partial charge in [0, 0.05) is 11.1 Å². The summed E-state index contributed by atoms with van der Waals surface area (Å²) in [6.07, 6.45) is 0. The number of nitro benzene ring substituents is 1. The van der Waals surface area contributed by atoms with Crippen LogP contribution in [0.2, 0.25) is 10.0 Å². The Morgan fingerprint density at radius 2 is 1.87 bits per heavy atom. The highest BCUT2D eigenvalue weighted by atomic mass is 35.5. The van der Waals surface area contributed by atoms with E-state index < -0.39 is 14.9 Å². The molecule has 2 aromatic rings. The van der Waals surface area contributed by atoms with E-state index in [0.717, 1.165) is 12.1 Å². The number of nitro groups is 1. The third-order valence-corrected chi connectivity index (χ3v) is 4.91. The number of nitrogens with zero attached hydrogens (tertiary/aromatic N) is 1. The number of halogens is 2. The molecular weight excluding hydrogens is 367 g/mol. The van der Waals surface area contributed by atoms with E-state index in [9.17, 15) is 18.5 Å². The fourth-order valence-electron chi connectivity index (χ4n) is 1.76. The molecule has 0 radical (unpaired) electrons. The molecule has 0 unspecified atom stereocenters. The second kappa shape index (κ2) is 6.61. The average Bonchev–Trinajstić information content (AvgIpc) is 2.49. The van der Waals surface area contributed by atoms with Crippen LogP contribution in [0.3, 0.4) is 0 Å². The lowest BCUT2D eigenvalue weighted by Crippen LogP contribution is -2.14. The van der Waals surface area contributed by atoms with Gasteiger partial charge < -0.3 is 4.74 Å². The highest BCUT2D eigenvalue weighted by Gasteiger charge is 2.21. The molecule has 0 atom stereocenters. The maximum Gasteiger partial charge on any atom is 0.273 e. The Bertz CT molecular complexity index is 871. The van der Waals surface area contributed by atoms with Crippen LogP contribution < -0.4 is 9.46 Å². The number of ether oxygens (including phenoxy) is 1. The molecule has 2 aromatic carbocycles. The smallest absolute Gasteiger partial charge is 0.273 e. The Morgan fingerprint density at radius 3 is 2.48 bits per heavy atom. The van der Waals surface area contributed by atoms with E-state index in [1.54, 1.807) is 0 Å². The first-order valence-corrected chi connectivity index (χ1v) is 8.29. The van der Waals surface area contributed by atoms with Crippen LogP contribution in [0.25, 0.3) is 0 Å². The molecule has 0 bridgehead atoms. The highest BCUT2D eigenvalue weighted by molar-refractivity contribution is 7.92. The third kappa shape index (κ3) is 3.84. The van der Waals surface area contributed by atoms with Gasteiger partial charge in [0.25, 0.3) is 15.7 Å². The number of sulfonamides is 1. The van der Waals surface area contributed by atoms with Crippen molar-refractivity contribution in [1.82, 2.24) is 0 Å². The monoisotopic (exact) mass is 376 g/mol. The van der Waals surface area contributed by atoms with Crippen LogP contribution >= 0.6 is 23.2 Å². The van der Waals surface area contributed by atoms with Crippen molar-refractivity contribution in [2.45, 2.75) is 4.90 Å². The molecular formula is C13H10Cl2N2O5S. The molecule has 122 valence electrons. The SMILES string of the molecule is COc1cc([N+](=O)[O-])ccc1NS(=O)(=O)c1cc(Cl)ccc1Cl. The van der Waals surface area contributed by atoms with Crippen LogP contribution in [0.1, 0.15) is 0 Å². The van der Waals surface area contributed by atoms with Gasteiger partial charge in [0.15, 0.2) is 0 Å². The summed E-state index contributed by atoms with van der Waals surface area (Å²) in [5, 5.41) is 10.9. The molecule has 7 nitrogen and oxygen atoms in total. The van der Waals surface area contributed by atoms with E-state index in [1.807, 2.05) is 0 Å². The maximum atomic E-state index is 12.4. The molecule has 0 heterocycles. The number of methoxy groups -OCH3 is 1. The van der Waals surface area contributed by atoms with Gasteiger partial charge >= 0.3 is 0 Å². The summed E-state index contributed by atoms with van der Waals surface area (Å²) in [6.45, 7) is 0. The van der Waals surface area contributed by atoms with E-state index in [4.69, 9.17) is 27.9 Å². The molecule has 0 amide bonds. The number of hydrogen-bond donors (Lipinski definition) is 1. The summed E-state index contributed by atoms with van der Waals surface area (Å²) in [5.74, 6) is 0.000857. The van der Waals surface area contributed by atoms with Gasteiger partial charge in [0.2, 0.25) is 0 Å². The van der Waals surface area contributed by atoms with Crippen molar-refractivity contribution in [2.75, 3.05) is 11.8 Å². The number of anilines is 1. The van der Waals surface area contributed by atoms with Crippen LogP contribution in [0, 0.1) is 10.1 Å². The van der Waals surface area contributed by atoms with Gasteiger partial charge in [0.05, 0.1) is 28.8 Å². The number of nitrogens with one attached hydrogen (secondary N) is 1. The van der Waals surface area contributed by atoms with Gasteiger partial charge in [-0.3, -0.25) is 14.8 Å². The quantitative estimate of drug-likeness (QED) is 0.633. The lowest BCUT2D eigenvalue weighted by Gasteiger charge is -2.12. The first kappa shape index (κ1) is 17.3. The minimum Gasteiger partial charge on any atom is -0.494 e. The summed E-state index contributed by atoms with van der Waals surface area (Å²) in [5.41, 5.74) is -0.195. The fourth-order valence-corrected chi connectivity index (χ4v) is 3.59. The Morgan fingerprint density at radius 1 is 1.17 bits per heavy atom. The molecule has 0 aliphatic carbocycles. The van der Waals surface area contributed by atoms with Crippen molar-refractivity contribution in [1.29, 1.82) is 0 Å². The summed E-state index contributed by atoms with van der Waals surface area (Å²) in [7, 11) is -2.78. The predicted molar refractivity (Wildman–Crippen MR) is 86.9 cm³/mol.